The standard InChI is InChI=1S/C24H21N5O5S/c1-3-33-24(32)21-20(16-8-5-4-6-9-16)15(2)35-22(21)26-19(30)13-34-23(31)17-10-7-11-18(12-17)29-14-25-27-28-29/h4-12,14H,3,13H2,1-2H3,(H,26,30). The third-order valence-electron chi connectivity index (χ3n) is 4.91. The summed E-state index contributed by atoms with van der Waals surface area (Å²) in [5.74, 6) is -1.81. The fourth-order valence-corrected chi connectivity index (χ4v) is 4.50. The van der Waals surface area contributed by atoms with Crippen molar-refractivity contribution in [3.05, 3.63) is 76.9 Å². The number of carbonyl (C=O) groups excluding carboxylic acids is 3. The first kappa shape index (κ1) is 23.8. The van der Waals surface area contributed by atoms with Crippen LogP contribution < -0.4 is 5.32 Å². The molecule has 1 amide bonds. The monoisotopic (exact) mass is 491 g/mol. The molecule has 0 aliphatic heterocycles. The van der Waals surface area contributed by atoms with Crippen LogP contribution in [0.4, 0.5) is 5.00 Å². The van der Waals surface area contributed by atoms with Crippen LogP contribution in [0.25, 0.3) is 16.8 Å². The number of hydrogen-bond acceptors (Lipinski definition) is 9. The van der Waals surface area contributed by atoms with E-state index in [9.17, 15) is 14.4 Å². The van der Waals surface area contributed by atoms with Crippen LogP contribution in [0.1, 0.15) is 32.5 Å². The molecule has 10 nitrogen and oxygen atoms in total. The van der Waals surface area contributed by atoms with Crippen LogP contribution in [0.3, 0.4) is 0 Å². The van der Waals surface area contributed by atoms with Gasteiger partial charge in [0.25, 0.3) is 5.91 Å². The number of carbonyl (C=O) groups is 3. The number of ether oxygens (including phenoxy) is 2. The van der Waals surface area contributed by atoms with Crippen molar-refractivity contribution in [1.82, 2.24) is 20.2 Å². The first-order valence-corrected chi connectivity index (χ1v) is 11.5. The molecule has 2 aromatic heterocycles. The van der Waals surface area contributed by atoms with E-state index < -0.39 is 24.5 Å². The molecule has 35 heavy (non-hydrogen) atoms. The van der Waals surface area contributed by atoms with Crippen molar-refractivity contribution in [1.29, 1.82) is 0 Å². The van der Waals surface area contributed by atoms with E-state index in [0.717, 1.165) is 10.4 Å². The third-order valence-corrected chi connectivity index (χ3v) is 5.93. The van der Waals surface area contributed by atoms with Gasteiger partial charge in [-0.15, -0.1) is 16.4 Å². The first-order valence-electron chi connectivity index (χ1n) is 10.6. The molecule has 0 saturated heterocycles. The zero-order valence-corrected chi connectivity index (χ0v) is 19.7. The van der Waals surface area contributed by atoms with Gasteiger partial charge < -0.3 is 14.8 Å². The van der Waals surface area contributed by atoms with Gasteiger partial charge in [-0.2, -0.15) is 0 Å². The van der Waals surface area contributed by atoms with Gasteiger partial charge in [0.2, 0.25) is 0 Å². The molecule has 2 aromatic carbocycles. The average molecular weight is 492 g/mol. The number of esters is 2. The number of aryl methyl sites for hydroxylation is 1. The number of nitrogens with one attached hydrogen (secondary N) is 1. The number of nitrogens with zero attached hydrogens (tertiary/aromatic N) is 4. The van der Waals surface area contributed by atoms with Crippen LogP contribution in [0.2, 0.25) is 0 Å². The predicted molar refractivity (Wildman–Crippen MR) is 129 cm³/mol. The minimum Gasteiger partial charge on any atom is -0.462 e. The maximum Gasteiger partial charge on any atom is 0.341 e. The zero-order chi connectivity index (χ0) is 24.8. The summed E-state index contributed by atoms with van der Waals surface area (Å²) in [6.07, 6.45) is 1.39. The minimum absolute atomic E-state index is 0.191. The molecule has 2 heterocycles. The number of aromatic nitrogens is 4. The number of tetrazole rings is 1. The molecule has 178 valence electrons. The zero-order valence-electron chi connectivity index (χ0n) is 18.9. The smallest absolute Gasteiger partial charge is 0.341 e. The maximum atomic E-state index is 12.8. The Bertz CT molecular complexity index is 1350. The quantitative estimate of drug-likeness (QED) is 0.370. The Balaban J connectivity index is 1.49. The highest BCUT2D eigenvalue weighted by Gasteiger charge is 2.25. The van der Waals surface area contributed by atoms with Gasteiger partial charge in [0.05, 0.1) is 17.9 Å². The largest absolute Gasteiger partial charge is 0.462 e. The van der Waals surface area contributed by atoms with Gasteiger partial charge >= 0.3 is 11.9 Å². The molecule has 0 aliphatic rings. The molecule has 4 rings (SSSR count). The first-order chi connectivity index (χ1) is 17.0. The highest BCUT2D eigenvalue weighted by atomic mass is 32.1. The molecule has 0 saturated carbocycles. The molecule has 0 atom stereocenters. The predicted octanol–water partition coefficient (Wildman–Crippen LogP) is 3.67. The molecular formula is C24H21N5O5S. The Morgan fingerprint density at radius 2 is 1.83 bits per heavy atom. The van der Waals surface area contributed by atoms with Gasteiger partial charge in [-0.05, 0) is 48.0 Å². The Morgan fingerprint density at radius 3 is 2.54 bits per heavy atom. The molecular weight excluding hydrogens is 470 g/mol. The van der Waals surface area contributed by atoms with E-state index in [1.165, 1.54) is 22.3 Å². The molecule has 0 radical (unpaired) electrons. The van der Waals surface area contributed by atoms with E-state index in [1.54, 1.807) is 31.2 Å². The summed E-state index contributed by atoms with van der Waals surface area (Å²) in [5, 5.41) is 13.9. The lowest BCUT2D eigenvalue weighted by atomic mass is 10.0. The summed E-state index contributed by atoms with van der Waals surface area (Å²) >= 11 is 1.25. The van der Waals surface area contributed by atoms with Gasteiger partial charge in [0, 0.05) is 10.4 Å². The maximum absolute atomic E-state index is 12.8. The highest BCUT2D eigenvalue weighted by molar-refractivity contribution is 7.17. The summed E-state index contributed by atoms with van der Waals surface area (Å²) in [6, 6.07) is 15.9. The number of benzene rings is 2. The molecule has 0 fully saturated rings. The lowest BCUT2D eigenvalue weighted by molar-refractivity contribution is -0.119. The van der Waals surface area contributed by atoms with Crippen LogP contribution in [-0.4, -0.2) is 51.3 Å². The van der Waals surface area contributed by atoms with Crippen LogP contribution in [0, 0.1) is 6.92 Å². The summed E-state index contributed by atoms with van der Waals surface area (Å²) in [7, 11) is 0. The van der Waals surface area contributed by atoms with Crippen molar-refractivity contribution < 1.29 is 23.9 Å². The van der Waals surface area contributed by atoms with E-state index in [4.69, 9.17) is 9.47 Å². The fraction of sp³-hybridized carbons (Fsp3) is 0.167. The molecule has 1 N–H and O–H groups in total. The second-order valence-electron chi connectivity index (χ2n) is 7.25. The van der Waals surface area contributed by atoms with E-state index in [0.29, 0.717) is 16.3 Å². The van der Waals surface area contributed by atoms with Crippen LogP contribution in [-0.2, 0) is 14.3 Å². The summed E-state index contributed by atoms with van der Waals surface area (Å²) in [5.41, 5.74) is 2.60. The van der Waals surface area contributed by atoms with E-state index >= 15 is 0 Å². The van der Waals surface area contributed by atoms with E-state index in [2.05, 4.69) is 20.8 Å². The van der Waals surface area contributed by atoms with Crippen molar-refractivity contribution in [3.8, 4) is 16.8 Å². The van der Waals surface area contributed by atoms with Gasteiger partial charge in [-0.1, -0.05) is 36.4 Å². The fourth-order valence-electron chi connectivity index (χ4n) is 3.42. The van der Waals surface area contributed by atoms with Crippen molar-refractivity contribution >= 4 is 34.2 Å². The van der Waals surface area contributed by atoms with Crippen LogP contribution in [0.5, 0.6) is 0 Å². The van der Waals surface area contributed by atoms with Crippen molar-refractivity contribution in [3.63, 3.8) is 0 Å². The van der Waals surface area contributed by atoms with E-state index in [1.807, 2.05) is 37.3 Å². The summed E-state index contributed by atoms with van der Waals surface area (Å²) in [6.45, 7) is 3.24. The van der Waals surface area contributed by atoms with Crippen molar-refractivity contribution in [2.45, 2.75) is 13.8 Å². The molecule has 0 bridgehead atoms. The van der Waals surface area contributed by atoms with Gasteiger partial charge in [-0.3, -0.25) is 4.79 Å². The molecule has 11 heteroatoms. The SMILES string of the molecule is CCOC(=O)c1c(NC(=O)COC(=O)c2cccc(-n3cnnn3)c2)sc(C)c1-c1ccccc1. The van der Waals surface area contributed by atoms with Crippen LogP contribution in [0.15, 0.2) is 60.9 Å². The lowest BCUT2D eigenvalue weighted by Crippen LogP contribution is -2.21. The Labute approximate surface area is 204 Å². The number of amides is 1. The normalized spacial score (nSPS) is 10.6. The highest BCUT2D eigenvalue weighted by Crippen LogP contribution is 2.40. The summed E-state index contributed by atoms with van der Waals surface area (Å²) < 4.78 is 11.8. The Hall–Kier alpha value is -4.38. The molecule has 0 spiro atoms. The Morgan fingerprint density at radius 1 is 1.03 bits per heavy atom. The summed E-state index contributed by atoms with van der Waals surface area (Å²) in [4.78, 5) is 38.7. The topological polar surface area (TPSA) is 125 Å². The molecule has 0 unspecified atom stereocenters. The van der Waals surface area contributed by atoms with Crippen molar-refractivity contribution in [2.75, 3.05) is 18.5 Å². The lowest BCUT2D eigenvalue weighted by Gasteiger charge is -2.10. The molecule has 0 aliphatic carbocycles. The van der Waals surface area contributed by atoms with E-state index in [-0.39, 0.29) is 17.7 Å². The number of anilines is 1. The van der Waals surface area contributed by atoms with Crippen LogP contribution >= 0.6 is 11.3 Å². The van der Waals surface area contributed by atoms with Gasteiger partial charge in [0.15, 0.2) is 6.61 Å². The van der Waals surface area contributed by atoms with Gasteiger partial charge in [-0.25, -0.2) is 14.3 Å². The number of hydrogen-bond donors (Lipinski definition) is 1. The van der Waals surface area contributed by atoms with Gasteiger partial charge in [0.1, 0.15) is 16.9 Å². The minimum atomic E-state index is -0.687. The second kappa shape index (κ2) is 10.7. The number of thiophene rings is 1. The number of rotatable bonds is 8. The Kier molecular flexibility index (Phi) is 7.27. The average Bonchev–Trinajstić information content (AvgIpc) is 3.51. The second-order valence-corrected chi connectivity index (χ2v) is 8.48. The third kappa shape index (κ3) is 5.41. The molecule has 4 aromatic rings. The van der Waals surface area contributed by atoms with Crippen molar-refractivity contribution in [2.24, 2.45) is 0 Å².